The highest BCUT2D eigenvalue weighted by atomic mass is 35.5. The van der Waals surface area contributed by atoms with Gasteiger partial charge < -0.3 is 14.8 Å². The van der Waals surface area contributed by atoms with Crippen molar-refractivity contribution in [2.45, 2.75) is 6.61 Å². The largest absolute Gasteiger partial charge is 0.489 e. The average molecular weight is 298 g/mol. The van der Waals surface area contributed by atoms with Crippen molar-refractivity contribution in [2.24, 2.45) is 0 Å². The zero-order chi connectivity index (χ0) is 14.7. The molecule has 0 saturated heterocycles. The minimum absolute atomic E-state index is 0.0367. The first-order valence-corrected chi connectivity index (χ1v) is 6.07. The SMILES string of the molecule is OB(O)c1cc(F)cc(OCc2cccc(F)c2Cl)c1. The molecule has 104 valence electrons. The number of hydrogen-bond donors (Lipinski definition) is 2. The van der Waals surface area contributed by atoms with E-state index >= 15 is 0 Å². The monoisotopic (exact) mass is 298 g/mol. The van der Waals surface area contributed by atoms with Crippen LogP contribution in [0.5, 0.6) is 5.75 Å². The molecule has 0 aliphatic rings. The zero-order valence-corrected chi connectivity index (χ0v) is 10.9. The minimum Gasteiger partial charge on any atom is -0.489 e. The minimum atomic E-state index is -1.80. The van der Waals surface area contributed by atoms with Crippen LogP contribution in [-0.4, -0.2) is 17.2 Å². The molecule has 20 heavy (non-hydrogen) atoms. The Bertz CT molecular complexity index is 623. The van der Waals surface area contributed by atoms with E-state index in [0.717, 1.165) is 12.1 Å². The van der Waals surface area contributed by atoms with Crippen LogP contribution in [0.3, 0.4) is 0 Å². The van der Waals surface area contributed by atoms with Gasteiger partial charge in [-0.3, -0.25) is 0 Å². The second-order valence-corrected chi connectivity index (χ2v) is 4.47. The van der Waals surface area contributed by atoms with Gasteiger partial charge in [0.25, 0.3) is 0 Å². The molecule has 0 aliphatic heterocycles. The summed E-state index contributed by atoms with van der Waals surface area (Å²) in [6.07, 6.45) is 0. The maximum atomic E-state index is 13.3. The topological polar surface area (TPSA) is 49.7 Å². The smallest absolute Gasteiger partial charge is 0.488 e. The van der Waals surface area contributed by atoms with Crippen molar-refractivity contribution in [2.75, 3.05) is 0 Å². The summed E-state index contributed by atoms with van der Waals surface area (Å²) in [5, 5.41) is 17.9. The van der Waals surface area contributed by atoms with Crippen molar-refractivity contribution in [1.82, 2.24) is 0 Å². The van der Waals surface area contributed by atoms with Gasteiger partial charge in [-0.2, -0.15) is 0 Å². The van der Waals surface area contributed by atoms with Crippen molar-refractivity contribution in [3.05, 3.63) is 58.6 Å². The third kappa shape index (κ3) is 3.48. The second kappa shape index (κ2) is 6.22. The fourth-order valence-corrected chi connectivity index (χ4v) is 1.82. The van der Waals surface area contributed by atoms with E-state index in [2.05, 4.69) is 0 Å². The Labute approximate surface area is 119 Å². The zero-order valence-electron chi connectivity index (χ0n) is 10.2. The Morgan fingerprint density at radius 1 is 1.15 bits per heavy atom. The van der Waals surface area contributed by atoms with Gasteiger partial charge in [0.15, 0.2) is 0 Å². The summed E-state index contributed by atoms with van der Waals surface area (Å²) in [6, 6.07) is 7.61. The molecular weight excluding hydrogens is 288 g/mol. The molecule has 0 aromatic heterocycles. The van der Waals surface area contributed by atoms with Crippen LogP contribution < -0.4 is 10.2 Å². The normalized spacial score (nSPS) is 10.4. The summed E-state index contributed by atoms with van der Waals surface area (Å²) in [6.45, 7) is -0.0684. The lowest BCUT2D eigenvalue weighted by Gasteiger charge is -2.10. The van der Waals surface area contributed by atoms with Crippen LogP contribution in [0.4, 0.5) is 8.78 Å². The van der Waals surface area contributed by atoms with Gasteiger partial charge in [-0.15, -0.1) is 0 Å². The third-order valence-electron chi connectivity index (χ3n) is 2.62. The Morgan fingerprint density at radius 2 is 1.90 bits per heavy atom. The summed E-state index contributed by atoms with van der Waals surface area (Å²) < 4.78 is 31.8. The van der Waals surface area contributed by atoms with E-state index in [1.807, 2.05) is 0 Å². The van der Waals surface area contributed by atoms with Gasteiger partial charge in [0.1, 0.15) is 24.0 Å². The van der Waals surface area contributed by atoms with Crippen molar-refractivity contribution in [3.8, 4) is 5.75 Å². The maximum absolute atomic E-state index is 13.3. The summed E-state index contributed by atoms with van der Waals surface area (Å²) in [7, 11) is -1.80. The van der Waals surface area contributed by atoms with Crippen molar-refractivity contribution >= 4 is 24.2 Å². The third-order valence-corrected chi connectivity index (χ3v) is 3.04. The van der Waals surface area contributed by atoms with E-state index in [1.165, 1.54) is 18.2 Å². The van der Waals surface area contributed by atoms with Gasteiger partial charge >= 0.3 is 7.12 Å². The summed E-state index contributed by atoms with van der Waals surface area (Å²) >= 11 is 5.76. The van der Waals surface area contributed by atoms with Crippen LogP contribution in [0.2, 0.25) is 5.02 Å². The second-order valence-electron chi connectivity index (χ2n) is 4.10. The molecule has 0 fully saturated rings. The Balaban J connectivity index is 2.16. The number of ether oxygens (including phenoxy) is 1. The molecule has 3 nitrogen and oxygen atoms in total. The average Bonchev–Trinajstić information content (AvgIpc) is 2.40. The van der Waals surface area contributed by atoms with Gasteiger partial charge in [-0.1, -0.05) is 23.7 Å². The lowest BCUT2D eigenvalue weighted by molar-refractivity contribution is 0.304. The Hall–Kier alpha value is -1.63. The van der Waals surface area contributed by atoms with Gasteiger partial charge in [0.05, 0.1) is 5.02 Å². The first-order valence-electron chi connectivity index (χ1n) is 5.69. The number of halogens is 3. The molecule has 0 aliphatic carbocycles. The molecule has 0 unspecified atom stereocenters. The van der Waals surface area contributed by atoms with Gasteiger partial charge in [0.2, 0.25) is 0 Å². The number of hydrogen-bond acceptors (Lipinski definition) is 3. The van der Waals surface area contributed by atoms with Crippen molar-refractivity contribution in [1.29, 1.82) is 0 Å². The Morgan fingerprint density at radius 3 is 2.60 bits per heavy atom. The number of rotatable bonds is 4. The van der Waals surface area contributed by atoms with Crippen molar-refractivity contribution < 1.29 is 23.6 Å². The quantitative estimate of drug-likeness (QED) is 0.847. The summed E-state index contributed by atoms with van der Waals surface area (Å²) in [4.78, 5) is 0. The fourth-order valence-electron chi connectivity index (χ4n) is 1.64. The molecule has 7 heteroatoms. The Kier molecular flexibility index (Phi) is 4.59. The van der Waals surface area contributed by atoms with Crippen LogP contribution in [0.1, 0.15) is 5.56 Å². The van der Waals surface area contributed by atoms with Gasteiger partial charge in [-0.05, 0) is 23.7 Å². The van der Waals surface area contributed by atoms with E-state index in [1.54, 1.807) is 6.07 Å². The lowest BCUT2D eigenvalue weighted by atomic mass is 9.80. The van der Waals surface area contributed by atoms with E-state index < -0.39 is 18.8 Å². The van der Waals surface area contributed by atoms with Crippen LogP contribution >= 0.6 is 11.6 Å². The molecule has 2 rings (SSSR count). The molecule has 0 radical (unpaired) electrons. The van der Waals surface area contributed by atoms with Gasteiger partial charge in [-0.25, -0.2) is 8.78 Å². The van der Waals surface area contributed by atoms with Crippen molar-refractivity contribution in [3.63, 3.8) is 0 Å². The standard InChI is InChI=1S/C13H10BClF2O3/c15-13-8(2-1-3-12(13)17)7-20-11-5-9(14(18)19)4-10(16)6-11/h1-6,18-19H,7H2. The molecule has 0 heterocycles. The molecule has 2 aromatic carbocycles. The maximum Gasteiger partial charge on any atom is 0.488 e. The first kappa shape index (κ1) is 14.8. The predicted molar refractivity (Wildman–Crippen MR) is 72.0 cm³/mol. The lowest BCUT2D eigenvalue weighted by Crippen LogP contribution is -2.30. The molecule has 2 aromatic rings. The summed E-state index contributed by atoms with van der Waals surface area (Å²) in [5.74, 6) is -1.15. The van der Waals surface area contributed by atoms with E-state index in [0.29, 0.717) is 5.56 Å². The van der Waals surface area contributed by atoms with E-state index in [4.69, 9.17) is 26.4 Å². The molecule has 0 spiro atoms. The number of benzene rings is 2. The predicted octanol–water partition coefficient (Wildman–Crippen LogP) is 1.88. The highest BCUT2D eigenvalue weighted by Gasteiger charge is 2.14. The van der Waals surface area contributed by atoms with E-state index in [9.17, 15) is 8.78 Å². The molecule has 0 bridgehead atoms. The molecule has 0 amide bonds. The van der Waals surface area contributed by atoms with Crippen LogP contribution in [0.15, 0.2) is 36.4 Å². The first-order chi connectivity index (χ1) is 9.47. The van der Waals surface area contributed by atoms with E-state index in [-0.39, 0.29) is 22.8 Å². The highest BCUT2D eigenvalue weighted by molar-refractivity contribution is 6.58. The van der Waals surface area contributed by atoms with Crippen LogP contribution in [0, 0.1) is 11.6 Å². The molecule has 2 N–H and O–H groups in total. The molecule has 0 atom stereocenters. The highest BCUT2D eigenvalue weighted by Crippen LogP contribution is 2.21. The fraction of sp³-hybridized carbons (Fsp3) is 0.0769. The molecule has 0 saturated carbocycles. The van der Waals surface area contributed by atoms with Crippen LogP contribution in [-0.2, 0) is 6.61 Å². The van der Waals surface area contributed by atoms with Gasteiger partial charge in [0, 0.05) is 11.6 Å². The van der Waals surface area contributed by atoms with Crippen LogP contribution in [0.25, 0.3) is 0 Å². The molecular formula is C13H10BClF2O3. The summed E-state index contributed by atoms with van der Waals surface area (Å²) in [5.41, 5.74) is 0.368.